The van der Waals surface area contributed by atoms with Gasteiger partial charge in [-0.05, 0) is 35.7 Å². The topological polar surface area (TPSA) is 0 Å². The monoisotopic (exact) mass is 408 g/mol. The number of halogens is 5. The molecule has 0 fully saturated rings. The van der Waals surface area contributed by atoms with Crippen molar-refractivity contribution in [2.45, 2.75) is 11.8 Å². The molecule has 0 aromatic heterocycles. The van der Waals surface area contributed by atoms with Crippen LogP contribution in [0.2, 0.25) is 5.02 Å². The first kappa shape index (κ1) is 17.1. The molecule has 0 saturated heterocycles. The number of benzene rings is 2. The van der Waals surface area contributed by atoms with Crippen molar-refractivity contribution in [2.75, 3.05) is 11.8 Å². The number of alkyl halides is 2. The highest BCUT2D eigenvalue weighted by Gasteiger charge is 2.32. The van der Waals surface area contributed by atoms with Gasteiger partial charge in [0.25, 0.3) is 0 Å². The van der Waals surface area contributed by atoms with Crippen LogP contribution in [-0.4, -0.2) is 11.8 Å². The molecule has 0 aliphatic carbocycles. The maximum atomic E-state index is 13.6. The molecule has 2 rings (SSSR count). The summed E-state index contributed by atoms with van der Waals surface area (Å²) in [5.74, 6) is 0.242. The van der Waals surface area contributed by atoms with Gasteiger partial charge in [0.2, 0.25) is 0 Å². The summed E-state index contributed by atoms with van der Waals surface area (Å²) in [6.45, 7) is 0. The lowest BCUT2D eigenvalue weighted by Crippen LogP contribution is -2.33. The average molecular weight is 411 g/mol. The third-order valence-electron chi connectivity index (χ3n) is 3.48. The molecule has 0 saturated carbocycles. The fourth-order valence-corrected chi connectivity index (χ4v) is 3.89. The van der Waals surface area contributed by atoms with Crippen molar-refractivity contribution in [1.82, 2.24) is 0 Å². The van der Waals surface area contributed by atoms with Crippen molar-refractivity contribution in [3.05, 3.63) is 68.9 Å². The Hall–Kier alpha value is -0.280. The summed E-state index contributed by atoms with van der Waals surface area (Å²) < 4.78 is 14.6. The van der Waals surface area contributed by atoms with E-state index in [9.17, 15) is 4.39 Å². The smallest absolute Gasteiger partial charge is 0.142 e. The highest BCUT2D eigenvalue weighted by atomic mass is 79.9. The maximum Gasteiger partial charge on any atom is 0.142 e. The summed E-state index contributed by atoms with van der Waals surface area (Å²) >= 11 is 21.7. The van der Waals surface area contributed by atoms with Crippen LogP contribution >= 0.6 is 50.7 Å². The summed E-state index contributed by atoms with van der Waals surface area (Å²) in [6, 6.07) is 12.6. The van der Waals surface area contributed by atoms with Gasteiger partial charge in [-0.25, -0.2) is 4.39 Å². The van der Waals surface area contributed by atoms with E-state index in [-0.39, 0.29) is 5.02 Å². The number of hydrogen-bond donors (Lipinski definition) is 0. The molecule has 0 radical (unpaired) electrons. The first-order chi connectivity index (χ1) is 10.0. The number of hydrogen-bond acceptors (Lipinski definition) is 0. The van der Waals surface area contributed by atoms with Crippen molar-refractivity contribution < 1.29 is 4.39 Å². The standard InChI is InChI=1S/C16H13BrCl3F/c17-13-4-2-1-3-12(13)16(9-18,10-19)8-11-5-6-14(20)15(21)7-11/h1-7H,8-10H2. The lowest BCUT2D eigenvalue weighted by Gasteiger charge is -2.31. The fraction of sp³-hybridized carbons (Fsp3) is 0.250. The molecule has 112 valence electrons. The fourth-order valence-electron chi connectivity index (χ4n) is 2.30. The van der Waals surface area contributed by atoms with E-state index < -0.39 is 11.2 Å². The van der Waals surface area contributed by atoms with Crippen molar-refractivity contribution >= 4 is 50.7 Å². The first-order valence-electron chi connectivity index (χ1n) is 6.33. The van der Waals surface area contributed by atoms with Crippen LogP contribution in [0.4, 0.5) is 4.39 Å². The van der Waals surface area contributed by atoms with E-state index in [0.717, 1.165) is 15.6 Å². The van der Waals surface area contributed by atoms with Gasteiger partial charge >= 0.3 is 0 Å². The molecule has 0 aliphatic heterocycles. The Kier molecular flexibility index (Phi) is 5.96. The Morgan fingerprint density at radius 3 is 2.29 bits per heavy atom. The Labute approximate surface area is 147 Å². The molecule has 5 heteroatoms. The molecule has 21 heavy (non-hydrogen) atoms. The predicted octanol–water partition coefficient (Wildman–Crippen LogP) is 6.20. The Morgan fingerprint density at radius 2 is 1.71 bits per heavy atom. The lowest BCUT2D eigenvalue weighted by atomic mass is 9.78. The van der Waals surface area contributed by atoms with E-state index in [4.69, 9.17) is 34.8 Å². The van der Waals surface area contributed by atoms with Gasteiger partial charge in [0.1, 0.15) is 5.82 Å². The van der Waals surface area contributed by atoms with E-state index in [0.29, 0.717) is 18.2 Å². The van der Waals surface area contributed by atoms with Crippen LogP contribution in [0.15, 0.2) is 46.9 Å². The van der Waals surface area contributed by atoms with E-state index in [1.54, 1.807) is 12.1 Å². The molecule has 0 bridgehead atoms. The molecule has 0 aliphatic rings. The summed E-state index contributed by atoms with van der Waals surface area (Å²) in [5.41, 5.74) is 1.36. The number of rotatable bonds is 5. The summed E-state index contributed by atoms with van der Waals surface area (Å²) in [4.78, 5) is 0. The highest BCUT2D eigenvalue weighted by molar-refractivity contribution is 9.10. The minimum atomic E-state index is -0.469. The third-order valence-corrected chi connectivity index (χ3v) is 5.50. The van der Waals surface area contributed by atoms with Crippen LogP contribution in [0, 0.1) is 5.82 Å². The van der Waals surface area contributed by atoms with Gasteiger partial charge in [-0.2, -0.15) is 0 Å². The molecule has 0 N–H and O–H groups in total. The van der Waals surface area contributed by atoms with Crippen molar-refractivity contribution in [1.29, 1.82) is 0 Å². The van der Waals surface area contributed by atoms with Crippen molar-refractivity contribution in [3.8, 4) is 0 Å². The van der Waals surface area contributed by atoms with Crippen molar-refractivity contribution in [2.24, 2.45) is 0 Å². The van der Waals surface area contributed by atoms with Crippen LogP contribution in [0.1, 0.15) is 11.1 Å². The van der Waals surface area contributed by atoms with Gasteiger partial charge in [0.05, 0.1) is 5.02 Å². The molecule has 0 amide bonds. The molecule has 0 spiro atoms. The van der Waals surface area contributed by atoms with Gasteiger partial charge in [0, 0.05) is 21.6 Å². The summed E-state index contributed by atoms with van der Waals surface area (Å²) in [7, 11) is 0. The zero-order valence-electron chi connectivity index (χ0n) is 11.1. The summed E-state index contributed by atoms with van der Waals surface area (Å²) in [5, 5.41) is 0.113. The molecule has 0 heterocycles. The predicted molar refractivity (Wildman–Crippen MR) is 92.4 cm³/mol. The third kappa shape index (κ3) is 3.73. The second kappa shape index (κ2) is 7.32. The minimum absolute atomic E-state index is 0.113. The van der Waals surface area contributed by atoms with E-state index >= 15 is 0 Å². The Balaban J connectivity index is 2.43. The Bertz CT molecular complexity index is 627. The minimum Gasteiger partial charge on any atom is -0.205 e. The molecular formula is C16H13BrCl3F. The molecule has 2 aromatic rings. The largest absolute Gasteiger partial charge is 0.205 e. The van der Waals surface area contributed by atoms with Crippen molar-refractivity contribution in [3.63, 3.8) is 0 Å². The van der Waals surface area contributed by atoms with Gasteiger partial charge in [-0.1, -0.05) is 51.8 Å². The first-order valence-corrected chi connectivity index (χ1v) is 8.57. The lowest BCUT2D eigenvalue weighted by molar-refractivity contribution is 0.530. The van der Waals surface area contributed by atoms with Gasteiger partial charge in [-0.15, -0.1) is 23.2 Å². The molecule has 2 aromatic carbocycles. The van der Waals surface area contributed by atoms with Crippen LogP contribution in [0.25, 0.3) is 0 Å². The molecule has 0 atom stereocenters. The zero-order chi connectivity index (χ0) is 15.5. The zero-order valence-corrected chi connectivity index (χ0v) is 14.9. The maximum absolute atomic E-state index is 13.6. The average Bonchev–Trinajstić information content (AvgIpc) is 2.49. The second-order valence-electron chi connectivity index (χ2n) is 4.95. The van der Waals surface area contributed by atoms with E-state index in [1.165, 1.54) is 6.07 Å². The normalized spacial score (nSPS) is 11.7. The van der Waals surface area contributed by atoms with Crippen LogP contribution in [0.3, 0.4) is 0 Å². The van der Waals surface area contributed by atoms with Crippen LogP contribution < -0.4 is 0 Å². The van der Waals surface area contributed by atoms with E-state index in [2.05, 4.69) is 15.9 Å². The van der Waals surface area contributed by atoms with Crippen LogP contribution in [-0.2, 0) is 11.8 Å². The quantitative estimate of drug-likeness (QED) is 0.515. The highest BCUT2D eigenvalue weighted by Crippen LogP contribution is 2.36. The Morgan fingerprint density at radius 1 is 1.05 bits per heavy atom. The molecular weight excluding hydrogens is 397 g/mol. The SMILES string of the molecule is Fc1cc(CC(CCl)(CCl)c2ccccc2Br)ccc1Cl. The van der Waals surface area contributed by atoms with Gasteiger partial charge in [0.15, 0.2) is 0 Å². The van der Waals surface area contributed by atoms with E-state index in [1.807, 2.05) is 24.3 Å². The summed E-state index contributed by atoms with van der Waals surface area (Å²) in [6.07, 6.45) is 0.538. The van der Waals surface area contributed by atoms with Gasteiger partial charge < -0.3 is 0 Å². The van der Waals surface area contributed by atoms with Gasteiger partial charge in [-0.3, -0.25) is 0 Å². The van der Waals surface area contributed by atoms with Crippen LogP contribution in [0.5, 0.6) is 0 Å². The molecule has 0 nitrogen and oxygen atoms in total. The molecule has 0 unspecified atom stereocenters. The second-order valence-corrected chi connectivity index (χ2v) is 6.75.